The summed E-state index contributed by atoms with van der Waals surface area (Å²) in [6.07, 6.45) is 0.361. The number of nitrogens with zero attached hydrogens (tertiary/aromatic N) is 1. The summed E-state index contributed by atoms with van der Waals surface area (Å²) in [5.41, 5.74) is 2.03. The molecule has 0 aromatic heterocycles. The molecule has 4 rings (SSSR count). The lowest BCUT2D eigenvalue weighted by molar-refractivity contribution is -0.117. The number of methoxy groups -OCH3 is 1. The third kappa shape index (κ3) is 4.89. The predicted octanol–water partition coefficient (Wildman–Crippen LogP) is 5.88. The standard InChI is InChI=1S/C24H19ClFNO4S/c1-30-21-12-15(5-10-20(21)31-14-16-3-2-4-18(26)11-16)13-22-23(28)27(24(29)32-22)19-8-6-17(25)7-9-19/h2-12,22H,13-14H2,1H3/t22-/m1/s1. The second-order valence-electron chi connectivity index (χ2n) is 7.13. The SMILES string of the molecule is COc1cc(C[C@H]2SC(=O)N(c3ccc(Cl)cc3)C2=O)ccc1OCc1cccc(F)c1. The van der Waals surface area contributed by atoms with Crippen molar-refractivity contribution in [2.24, 2.45) is 0 Å². The zero-order valence-electron chi connectivity index (χ0n) is 17.1. The van der Waals surface area contributed by atoms with E-state index in [0.29, 0.717) is 34.2 Å². The first kappa shape index (κ1) is 22.2. The molecule has 0 spiro atoms. The van der Waals surface area contributed by atoms with Crippen molar-refractivity contribution in [3.05, 3.63) is 88.7 Å². The molecule has 1 atom stereocenters. The molecule has 1 fully saturated rings. The van der Waals surface area contributed by atoms with Crippen LogP contribution in [0.2, 0.25) is 5.02 Å². The van der Waals surface area contributed by atoms with Gasteiger partial charge in [-0.3, -0.25) is 9.59 Å². The molecule has 0 N–H and O–H groups in total. The average molecular weight is 472 g/mol. The number of anilines is 1. The number of rotatable bonds is 7. The van der Waals surface area contributed by atoms with Crippen LogP contribution < -0.4 is 14.4 Å². The number of hydrogen-bond acceptors (Lipinski definition) is 5. The van der Waals surface area contributed by atoms with Crippen molar-refractivity contribution >= 4 is 40.2 Å². The first-order chi connectivity index (χ1) is 15.4. The molecule has 1 saturated heterocycles. The molecule has 0 aliphatic carbocycles. The van der Waals surface area contributed by atoms with E-state index in [0.717, 1.165) is 17.3 Å². The van der Waals surface area contributed by atoms with Gasteiger partial charge >= 0.3 is 0 Å². The van der Waals surface area contributed by atoms with Gasteiger partial charge in [-0.1, -0.05) is 41.6 Å². The van der Waals surface area contributed by atoms with Crippen LogP contribution in [0.4, 0.5) is 14.9 Å². The minimum atomic E-state index is -0.540. The Bertz CT molecular complexity index is 1150. The van der Waals surface area contributed by atoms with Gasteiger partial charge in [-0.05, 0) is 66.1 Å². The molecule has 1 heterocycles. The Labute approximate surface area is 194 Å². The molecule has 3 aromatic carbocycles. The van der Waals surface area contributed by atoms with Gasteiger partial charge in [0.25, 0.3) is 5.24 Å². The van der Waals surface area contributed by atoms with Crippen LogP contribution in [0.1, 0.15) is 11.1 Å². The third-order valence-electron chi connectivity index (χ3n) is 4.94. The Balaban J connectivity index is 1.45. The normalized spacial score (nSPS) is 15.8. The number of ether oxygens (including phenoxy) is 2. The highest BCUT2D eigenvalue weighted by Crippen LogP contribution is 2.36. The second kappa shape index (κ2) is 9.63. The summed E-state index contributed by atoms with van der Waals surface area (Å²) in [6, 6.07) is 18.1. The van der Waals surface area contributed by atoms with Crippen LogP contribution in [0, 0.1) is 5.82 Å². The number of amides is 2. The zero-order chi connectivity index (χ0) is 22.7. The van der Waals surface area contributed by atoms with Crippen molar-refractivity contribution in [3.8, 4) is 11.5 Å². The summed E-state index contributed by atoms with van der Waals surface area (Å²) >= 11 is 6.90. The van der Waals surface area contributed by atoms with Crippen LogP contribution in [0.25, 0.3) is 0 Å². The highest BCUT2D eigenvalue weighted by atomic mass is 35.5. The Morgan fingerprint density at radius 1 is 1.00 bits per heavy atom. The number of imide groups is 1. The topological polar surface area (TPSA) is 55.8 Å². The molecule has 164 valence electrons. The molecule has 3 aromatic rings. The fraction of sp³-hybridized carbons (Fsp3) is 0.167. The third-order valence-corrected chi connectivity index (χ3v) is 6.23. The maximum Gasteiger partial charge on any atom is 0.293 e. The molecule has 1 aliphatic rings. The molecule has 5 nitrogen and oxygen atoms in total. The van der Waals surface area contributed by atoms with Crippen molar-refractivity contribution in [2.75, 3.05) is 12.0 Å². The van der Waals surface area contributed by atoms with E-state index in [9.17, 15) is 14.0 Å². The van der Waals surface area contributed by atoms with Crippen LogP contribution in [0.5, 0.6) is 11.5 Å². The first-order valence-electron chi connectivity index (χ1n) is 9.79. The summed E-state index contributed by atoms with van der Waals surface area (Å²) in [5, 5.41) is -0.324. The summed E-state index contributed by atoms with van der Waals surface area (Å²) in [6.45, 7) is 0.189. The lowest BCUT2D eigenvalue weighted by atomic mass is 10.1. The number of carbonyl (C=O) groups excluding carboxylic acids is 2. The molecular weight excluding hydrogens is 453 g/mol. The lowest BCUT2D eigenvalue weighted by Gasteiger charge is -2.15. The Kier molecular flexibility index (Phi) is 6.67. The predicted molar refractivity (Wildman–Crippen MR) is 123 cm³/mol. The van der Waals surface area contributed by atoms with Crippen molar-refractivity contribution in [1.29, 1.82) is 0 Å². The molecule has 0 radical (unpaired) electrons. The molecule has 0 unspecified atom stereocenters. The van der Waals surface area contributed by atoms with E-state index in [1.165, 1.54) is 24.1 Å². The van der Waals surface area contributed by atoms with Gasteiger partial charge in [0.2, 0.25) is 5.91 Å². The minimum absolute atomic E-state index is 0.189. The van der Waals surface area contributed by atoms with Gasteiger partial charge in [0, 0.05) is 5.02 Å². The van der Waals surface area contributed by atoms with E-state index in [4.69, 9.17) is 21.1 Å². The molecule has 8 heteroatoms. The van der Waals surface area contributed by atoms with Crippen molar-refractivity contribution in [2.45, 2.75) is 18.3 Å². The van der Waals surface area contributed by atoms with E-state index in [2.05, 4.69) is 0 Å². The Morgan fingerprint density at radius 2 is 1.78 bits per heavy atom. The lowest BCUT2D eigenvalue weighted by Crippen LogP contribution is -2.32. The molecule has 0 saturated carbocycles. The van der Waals surface area contributed by atoms with Crippen LogP contribution >= 0.6 is 23.4 Å². The molecule has 1 aliphatic heterocycles. The largest absolute Gasteiger partial charge is 0.493 e. The smallest absolute Gasteiger partial charge is 0.293 e. The number of carbonyl (C=O) groups is 2. The molecular formula is C24H19ClFNO4S. The minimum Gasteiger partial charge on any atom is -0.493 e. The number of benzene rings is 3. The fourth-order valence-electron chi connectivity index (χ4n) is 3.37. The Hall–Kier alpha value is -3.03. The van der Waals surface area contributed by atoms with Gasteiger partial charge in [-0.15, -0.1) is 0 Å². The van der Waals surface area contributed by atoms with E-state index in [-0.39, 0.29) is 23.6 Å². The maximum atomic E-state index is 13.4. The van der Waals surface area contributed by atoms with Gasteiger partial charge in [0.05, 0.1) is 18.0 Å². The highest BCUT2D eigenvalue weighted by Gasteiger charge is 2.40. The quantitative estimate of drug-likeness (QED) is 0.431. The number of halogens is 2. The number of hydrogen-bond donors (Lipinski definition) is 0. The molecule has 2 amide bonds. The monoisotopic (exact) mass is 471 g/mol. The van der Waals surface area contributed by atoms with E-state index >= 15 is 0 Å². The first-order valence-corrected chi connectivity index (χ1v) is 11.0. The maximum absolute atomic E-state index is 13.4. The van der Waals surface area contributed by atoms with Gasteiger partial charge in [0.15, 0.2) is 11.5 Å². The second-order valence-corrected chi connectivity index (χ2v) is 8.72. The Morgan fingerprint density at radius 3 is 2.50 bits per heavy atom. The van der Waals surface area contributed by atoms with Gasteiger partial charge in [-0.25, -0.2) is 9.29 Å². The van der Waals surface area contributed by atoms with Crippen molar-refractivity contribution in [1.82, 2.24) is 0 Å². The van der Waals surface area contributed by atoms with E-state index < -0.39 is 5.25 Å². The summed E-state index contributed by atoms with van der Waals surface area (Å²) in [7, 11) is 1.52. The summed E-state index contributed by atoms with van der Waals surface area (Å²) in [4.78, 5) is 26.5. The van der Waals surface area contributed by atoms with Gasteiger partial charge in [0.1, 0.15) is 12.4 Å². The van der Waals surface area contributed by atoms with Crippen LogP contribution in [0.15, 0.2) is 66.7 Å². The van der Waals surface area contributed by atoms with Crippen LogP contribution in [-0.2, 0) is 17.8 Å². The summed E-state index contributed by atoms with van der Waals surface area (Å²) in [5.74, 6) is 0.405. The number of thioether (sulfide) groups is 1. The van der Waals surface area contributed by atoms with Crippen LogP contribution in [0.3, 0.4) is 0 Å². The van der Waals surface area contributed by atoms with E-state index in [1.54, 1.807) is 48.5 Å². The highest BCUT2D eigenvalue weighted by molar-refractivity contribution is 8.15. The summed E-state index contributed by atoms with van der Waals surface area (Å²) < 4.78 is 24.6. The van der Waals surface area contributed by atoms with Gasteiger partial charge in [-0.2, -0.15) is 0 Å². The fourth-order valence-corrected chi connectivity index (χ4v) is 4.52. The average Bonchev–Trinajstić information content (AvgIpc) is 3.06. The van der Waals surface area contributed by atoms with Crippen molar-refractivity contribution < 1.29 is 23.5 Å². The van der Waals surface area contributed by atoms with E-state index in [1.807, 2.05) is 6.07 Å². The molecule has 0 bridgehead atoms. The van der Waals surface area contributed by atoms with Crippen LogP contribution in [-0.4, -0.2) is 23.5 Å². The molecule has 32 heavy (non-hydrogen) atoms. The van der Waals surface area contributed by atoms with Gasteiger partial charge < -0.3 is 9.47 Å². The van der Waals surface area contributed by atoms with Crippen molar-refractivity contribution in [3.63, 3.8) is 0 Å². The zero-order valence-corrected chi connectivity index (χ0v) is 18.7.